The van der Waals surface area contributed by atoms with E-state index in [4.69, 9.17) is 9.47 Å². The van der Waals surface area contributed by atoms with Gasteiger partial charge >= 0.3 is 5.97 Å². The van der Waals surface area contributed by atoms with Gasteiger partial charge in [0.15, 0.2) is 6.61 Å². The van der Waals surface area contributed by atoms with E-state index < -0.39 is 0 Å². The largest absolute Gasteiger partial charge is 0.482 e. The summed E-state index contributed by atoms with van der Waals surface area (Å²) in [5, 5.41) is 7.36. The maximum atomic E-state index is 11.5. The monoisotopic (exact) mass is 396 g/mol. The van der Waals surface area contributed by atoms with Crippen molar-refractivity contribution in [2.45, 2.75) is 30.9 Å². The van der Waals surface area contributed by atoms with Gasteiger partial charge in [-0.3, -0.25) is 5.10 Å². The summed E-state index contributed by atoms with van der Waals surface area (Å²) in [6.45, 7) is 6.06. The van der Waals surface area contributed by atoms with E-state index in [-0.39, 0.29) is 17.8 Å². The Hall–Kier alpha value is -2.73. The van der Waals surface area contributed by atoms with Gasteiger partial charge in [-0.25, -0.2) is 4.79 Å². The van der Waals surface area contributed by atoms with Crippen LogP contribution in [0.2, 0.25) is 0 Å². The van der Waals surface area contributed by atoms with Crippen molar-refractivity contribution in [2.24, 2.45) is 0 Å². The summed E-state index contributed by atoms with van der Waals surface area (Å²) in [5.74, 6) is 0.327. The molecule has 0 bridgehead atoms. The van der Waals surface area contributed by atoms with E-state index in [0.29, 0.717) is 12.4 Å². The van der Waals surface area contributed by atoms with E-state index in [1.807, 2.05) is 38.2 Å². The first-order valence-electron chi connectivity index (χ1n) is 9.19. The fraction of sp³-hybridized carbons (Fsp3) is 0.273. The topological polar surface area (TPSA) is 64.2 Å². The van der Waals surface area contributed by atoms with Gasteiger partial charge in [-0.2, -0.15) is 5.10 Å². The third-order valence-corrected chi connectivity index (χ3v) is 5.59. The van der Waals surface area contributed by atoms with Gasteiger partial charge in [0, 0.05) is 16.2 Å². The Labute approximate surface area is 169 Å². The van der Waals surface area contributed by atoms with Crippen LogP contribution in [-0.2, 0) is 9.53 Å². The molecule has 28 heavy (non-hydrogen) atoms. The molecule has 1 atom stereocenters. The minimum Gasteiger partial charge on any atom is -0.482 e. The van der Waals surface area contributed by atoms with Crippen LogP contribution < -0.4 is 4.74 Å². The van der Waals surface area contributed by atoms with Gasteiger partial charge in [0.2, 0.25) is 0 Å². The van der Waals surface area contributed by atoms with Crippen molar-refractivity contribution in [3.05, 3.63) is 77.1 Å². The molecule has 1 aromatic heterocycles. The highest BCUT2D eigenvalue weighted by Crippen LogP contribution is 2.42. The number of rotatable bonds is 8. The molecule has 0 aliphatic heterocycles. The Balaban J connectivity index is 1.79. The van der Waals surface area contributed by atoms with Crippen LogP contribution in [0, 0.1) is 13.8 Å². The summed E-state index contributed by atoms with van der Waals surface area (Å²) in [6.07, 6.45) is 1.89. The number of benzene rings is 2. The molecule has 6 heteroatoms. The summed E-state index contributed by atoms with van der Waals surface area (Å²) in [4.78, 5) is 12.6. The Morgan fingerprint density at radius 3 is 2.61 bits per heavy atom. The predicted octanol–water partition coefficient (Wildman–Crippen LogP) is 4.85. The van der Waals surface area contributed by atoms with Crippen LogP contribution in [0.15, 0.2) is 59.6 Å². The van der Waals surface area contributed by atoms with Crippen molar-refractivity contribution < 1.29 is 14.3 Å². The van der Waals surface area contributed by atoms with Gasteiger partial charge in [-0.1, -0.05) is 30.3 Å². The van der Waals surface area contributed by atoms with Crippen LogP contribution >= 0.6 is 11.8 Å². The van der Waals surface area contributed by atoms with Crippen LogP contribution in [0.3, 0.4) is 0 Å². The Kier molecular flexibility index (Phi) is 6.76. The number of hydrogen-bond acceptors (Lipinski definition) is 5. The van der Waals surface area contributed by atoms with Gasteiger partial charge in [0.1, 0.15) is 5.75 Å². The van der Waals surface area contributed by atoms with Crippen molar-refractivity contribution >= 4 is 17.7 Å². The molecule has 2 aromatic carbocycles. The van der Waals surface area contributed by atoms with E-state index in [0.717, 1.165) is 21.7 Å². The summed E-state index contributed by atoms with van der Waals surface area (Å²) in [7, 11) is 0. The number of aromatic amines is 1. The van der Waals surface area contributed by atoms with Gasteiger partial charge in [0.25, 0.3) is 0 Å². The highest BCUT2D eigenvalue weighted by molar-refractivity contribution is 7.99. The maximum absolute atomic E-state index is 11.5. The van der Waals surface area contributed by atoms with Crippen molar-refractivity contribution in [1.29, 1.82) is 0 Å². The van der Waals surface area contributed by atoms with Crippen LogP contribution in [0.4, 0.5) is 0 Å². The van der Waals surface area contributed by atoms with Crippen molar-refractivity contribution in [1.82, 2.24) is 10.2 Å². The highest BCUT2D eigenvalue weighted by atomic mass is 32.2. The summed E-state index contributed by atoms with van der Waals surface area (Å²) in [5.41, 5.74) is 4.42. The van der Waals surface area contributed by atoms with Crippen LogP contribution in [0.25, 0.3) is 0 Å². The molecule has 3 aromatic rings. The van der Waals surface area contributed by atoms with Gasteiger partial charge in [-0.05, 0) is 50.1 Å². The molecule has 0 aliphatic carbocycles. The number of nitrogens with zero attached hydrogens (tertiary/aromatic N) is 1. The number of carbonyl (C=O) groups is 1. The second-order valence-electron chi connectivity index (χ2n) is 6.38. The summed E-state index contributed by atoms with van der Waals surface area (Å²) in [6, 6.07) is 16.4. The third kappa shape index (κ3) is 4.95. The SMILES string of the molecule is CCOC(=O)COc1ccc(SC(c2ccccc2)c2cn[nH]c2C)cc1C. The van der Waals surface area contributed by atoms with E-state index in [1.54, 1.807) is 18.7 Å². The van der Waals surface area contributed by atoms with Crippen molar-refractivity contribution in [2.75, 3.05) is 13.2 Å². The third-order valence-electron chi connectivity index (χ3n) is 4.30. The maximum Gasteiger partial charge on any atom is 0.344 e. The zero-order valence-corrected chi connectivity index (χ0v) is 17.1. The zero-order chi connectivity index (χ0) is 19.9. The number of ether oxygens (including phenoxy) is 2. The minimum absolute atomic E-state index is 0.0813. The van der Waals surface area contributed by atoms with E-state index in [2.05, 4.69) is 40.5 Å². The van der Waals surface area contributed by atoms with Gasteiger partial charge in [-0.15, -0.1) is 11.8 Å². The first-order chi connectivity index (χ1) is 13.6. The lowest BCUT2D eigenvalue weighted by atomic mass is 10.1. The number of H-pyrrole nitrogens is 1. The predicted molar refractivity (Wildman–Crippen MR) is 111 cm³/mol. The quantitative estimate of drug-likeness (QED) is 0.436. The lowest BCUT2D eigenvalue weighted by Gasteiger charge is -2.18. The molecule has 0 saturated carbocycles. The number of aryl methyl sites for hydroxylation is 2. The van der Waals surface area contributed by atoms with Gasteiger partial charge in [0.05, 0.1) is 18.1 Å². The lowest BCUT2D eigenvalue weighted by molar-refractivity contribution is -0.145. The molecule has 1 N–H and O–H groups in total. The number of nitrogens with one attached hydrogen (secondary N) is 1. The smallest absolute Gasteiger partial charge is 0.344 e. The van der Waals surface area contributed by atoms with Gasteiger partial charge < -0.3 is 9.47 Å². The number of thioether (sulfide) groups is 1. The first-order valence-corrected chi connectivity index (χ1v) is 10.1. The van der Waals surface area contributed by atoms with Crippen LogP contribution in [0.5, 0.6) is 5.75 Å². The molecule has 1 heterocycles. The fourth-order valence-corrected chi connectivity index (χ4v) is 4.22. The first kappa shape index (κ1) is 20.0. The molecule has 0 saturated heterocycles. The molecule has 0 spiro atoms. The average molecular weight is 397 g/mol. The van der Waals surface area contributed by atoms with Crippen LogP contribution in [-0.4, -0.2) is 29.4 Å². The summed E-state index contributed by atoms with van der Waals surface area (Å²) >= 11 is 1.76. The standard InChI is InChI=1S/C22H24N2O3S/c1-4-26-21(25)14-27-20-11-10-18(12-15(20)2)28-22(17-8-6-5-7-9-17)19-13-23-24-16(19)3/h5-13,22H,4,14H2,1-3H3,(H,23,24). The second-order valence-corrected chi connectivity index (χ2v) is 7.56. The molecule has 1 unspecified atom stereocenters. The molecule has 146 valence electrons. The zero-order valence-electron chi connectivity index (χ0n) is 16.3. The normalized spacial score (nSPS) is 11.8. The number of carbonyl (C=O) groups excluding carboxylic acids is 1. The Morgan fingerprint density at radius 1 is 1.18 bits per heavy atom. The van der Waals surface area contributed by atoms with E-state index >= 15 is 0 Å². The molecule has 0 amide bonds. The van der Waals surface area contributed by atoms with Crippen molar-refractivity contribution in [3.63, 3.8) is 0 Å². The number of aromatic nitrogens is 2. The number of hydrogen-bond donors (Lipinski definition) is 1. The number of esters is 1. The molecular weight excluding hydrogens is 372 g/mol. The molecule has 0 aliphatic rings. The highest BCUT2D eigenvalue weighted by Gasteiger charge is 2.19. The fourth-order valence-electron chi connectivity index (χ4n) is 2.90. The van der Waals surface area contributed by atoms with Crippen molar-refractivity contribution in [3.8, 4) is 5.75 Å². The van der Waals surface area contributed by atoms with Crippen LogP contribution in [0.1, 0.15) is 34.6 Å². The summed E-state index contributed by atoms with van der Waals surface area (Å²) < 4.78 is 10.5. The second kappa shape index (κ2) is 9.46. The van der Waals surface area contributed by atoms with E-state index in [1.165, 1.54) is 5.56 Å². The molecular formula is C22H24N2O3S. The molecule has 0 radical (unpaired) electrons. The molecule has 0 fully saturated rings. The molecule has 3 rings (SSSR count). The van der Waals surface area contributed by atoms with E-state index in [9.17, 15) is 4.79 Å². The Morgan fingerprint density at radius 2 is 1.96 bits per heavy atom. The Bertz CT molecular complexity index is 925. The average Bonchev–Trinajstić information content (AvgIpc) is 3.12. The minimum atomic E-state index is -0.361. The lowest BCUT2D eigenvalue weighted by Crippen LogP contribution is -2.14. The molecule has 5 nitrogen and oxygen atoms in total.